The maximum absolute atomic E-state index is 11.6. The maximum Gasteiger partial charge on any atom is 0.278 e. The van der Waals surface area contributed by atoms with Gasteiger partial charge in [0.15, 0.2) is 10.7 Å². The van der Waals surface area contributed by atoms with Crippen molar-refractivity contribution in [2.24, 2.45) is 0 Å². The number of phenols is 1. The lowest BCUT2D eigenvalue weighted by Gasteiger charge is -2.13. The number of aromatic nitrogens is 1. The SMILES string of the molecule is O=C(NC(=S)Nc1ccc2oc(-c3ccc(O)c(Br)c3)nc2c1)C(Cl)(Cl)Cl. The van der Waals surface area contributed by atoms with Gasteiger partial charge in [-0.15, -0.1) is 0 Å². The summed E-state index contributed by atoms with van der Waals surface area (Å²) in [6.07, 6.45) is 0. The maximum atomic E-state index is 11.6. The molecule has 3 rings (SSSR count). The van der Waals surface area contributed by atoms with Crippen LogP contribution in [-0.2, 0) is 4.79 Å². The molecule has 3 aromatic rings. The quantitative estimate of drug-likeness (QED) is 0.327. The number of alkyl halides is 3. The normalized spacial score (nSPS) is 11.4. The highest BCUT2D eigenvalue weighted by molar-refractivity contribution is 9.10. The van der Waals surface area contributed by atoms with Gasteiger partial charge in [-0.1, -0.05) is 34.8 Å². The number of nitrogens with zero attached hydrogens (tertiary/aromatic N) is 1. The van der Waals surface area contributed by atoms with Crippen molar-refractivity contribution in [3.05, 3.63) is 40.9 Å². The summed E-state index contributed by atoms with van der Waals surface area (Å²) in [5.74, 6) is -0.366. The number of hydrogen-bond donors (Lipinski definition) is 3. The van der Waals surface area contributed by atoms with E-state index in [2.05, 4.69) is 31.5 Å². The van der Waals surface area contributed by atoms with Crippen molar-refractivity contribution in [3.8, 4) is 17.2 Å². The van der Waals surface area contributed by atoms with Gasteiger partial charge in [-0.25, -0.2) is 4.98 Å². The summed E-state index contributed by atoms with van der Waals surface area (Å²) in [5, 5.41) is 14.6. The number of anilines is 1. The van der Waals surface area contributed by atoms with E-state index in [-0.39, 0.29) is 10.9 Å². The Morgan fingerprint density at radius 1 is 1.22 bits per heavy atom. The summed E-state index contributed by atoms with van der Waals surface area (Å²) >= 11 is 24.7. The van der Waals surface area contributed by atoms with Crippen molar-refractivity contribution in [2.45, 2.75) is 3.79 Å². The Morgan fingerprint density at radius 2 is 1.96 bits per heavy atom. The summed E-state index contributed by atoms with van der Waals surface area (Å²) in [7, 11) is 0. The third-order valence-electron chi connectivity index (χ3n) is 3.32. The van der Waals surface area contributed by atoms with Crippen LogP contribution < -0.4 is 10.6 Å². The van der Waals surface area contributed by atoms with Gasteiger partial charge < -0.3 is 14.8 Å². The largest absolute Gasteiger partial charge is 0.507 e. The molecule has 1 amide bonds. The molecule has 0 atom stereocenters. The molecule has 140 valence electrons. The Bertz CT molecular complexity index is 1050. The van der Waals surface area contributed by atoms with Crippen LogP contribution in [-0.4, -0.2) is 24.9 Å². The van der Waals surface area contributed by atoms with Gasteiger partial charge in [-0.05, 0) is 64.5 Å². The van der Waals surface area contributed by atoms with Gasteiger partial charge in [0.1, 0.15) is 11.3 Å². The van der Waals surface area contributed by atoms with Crippen molar-refractivity contribution in [1.82, 2.24) is 10.3 Å². The van der Waals surface area contributed by atoms with E-state index in [0.29, 0.717) is 32.7 Å². The Hall–Kier alpha value is -1.58. The summed E-state index contributed by atoms with van der Waals surface area (Å²) in [5.41, 5.74) is 2.37. The van der Waals surface area contributed by atoms with E-state index >= 15 is 0 Å². The minimum atomic E-state index is -2.12. The molecule has 0 saturated heterocycles. The van der Waals surface area contributed by atoms with E-state index in [4.69, 9.17) is 51.4 Å². The molecule has 27 heavy (non-hydrogen) atoms. The molecule has 0 fully saturated rings. The number of benzene rings is 2. The third kappa shape index (κ3) is 4.83. The highest BCUT2D eigenvalue weighted by Gasteiger charge is 2.31. The zero-order valence-corrected chi connectivity index (χ0v) is 17.8. The molecule has 1 aromatic heterocycles. The monoisotopic (exact) mass is 507 g/mol. The molecule has 0 spiro atoms. The molecule has 0 unspecified atom stereocenters. The molecule has 0 aliphatic heterocycles. The zero-order chi connectivity index (χ0) is 19.8. The van der Waals surface area contributed by atoms with E-state index in [0.717, 1.165) is 0 Å². The molecule has 2 aromatic carbocycles. The molecular formula is C16H9BrCl3N3O3S. The zero-order valence-electron chi connectivity index (χ0n) is 13.1. The molecule has 6 nitrogen and oxygen atoms in total. The van der Waals surface area contributed by atoms with Crippen molar-refractivity contribution in [2.75, 3.05) is 5.32 Å². The molecule has 0 bridgehead atoms. The van der Waals surface area contributed by atoms with Crippen molar-refractivity contribution < 1.29 is 14.3 Å². The summed E-state index contributed by atoms with van der Waals surface area (Å²) < 4.78 is 4.13. The number of carbonyl (C=O) groups is 1. The smallest absolute Gasteiger partial charge is 0.278 e. The number of phenolic OH excluding ortho intramolecular Hbond substituents is 1. The fraction of sp³-hybridized carbons (Fsp3) is 0.0625. The molecule has 3 N–H and O–H groups in total. The number of amides is 1. The van der Waals surface area contributed by atoms with Crippen LogP contribution in [0.25, 0.3) is 22.6 Å². The lowest BCUT2D eigenvalue weighted by molar-refractivity contribution is -0.118. The Balaban J connectivity index is 1.80. The second kappa shape index (κ2) is 7.81. The first-order chi connectivity index (χ1) is 12.6. The van der Waals surface area contributed by atoms with Crippen molar-refractivity contribution >= 4 is 90.8 Å². The number of thiocarbonyl (C=S) groups is 1. The third-order valence-corrected chi connectivity index (χ3v) is 4.68. The van der Waals surface area contributed by atoms with Crippen LogP contribution in [0.3, 0.4) is 0 Å². The first-order valence-electron chi connectivity index (χ1n) is 7.22. The fourth-order valence-electron chi connectivity index (χ4n) is 2.10. The lowest BCUT2D eigenvalue weighted by atomic mass is 10.2. The van der Waals surface area contributed by atoms with Gasteiger partial charge in [0.05, 0.1) is 4.47 Å². The van der Waals surface area contributed by atoms with E-state index in [9.17, 15) is 9.90 Å². The Labute approximate surface area is 181 Å². The van der Waals surface area contributed by atoms with Crippen molar-refractivity contribution in [3.63, 3.8) is 0 Å². The highest BCUT2D eigenvalue weighted by atomic mass is 79.9. The van der Waals surface area contributed by atoms with Gasteiger partial charge in [-0.3, -0.25) is 10.1 Å². The van der Waals surface area contributed by atoms with E-state index < -0.39 is 9.70 Å². The molecule has 0 saturated carbocycles. The van der Waals surface area contributed by atoms with Gasteiger partial charge >= 0.3 is 0 Å². The number of fused-ring (bicyclic) bond motifs is 1. The number of carbonyl (C=O) groups excluding carboxylic acids is 1. The molecule has 1 heterocycles. The number of rotatable bonds is 2. The summed E-state index contributed by atoms with van der Waals surface area (Å²) in [6, 6.07) is 9.99. The minimum Gasteiger partial charge on any atom is -0.507 e. The average Bonchev–Trinajstić information content (AvgIpc) is 2.99. The minimum absolute atomic E-state index is 0.0307. The number of halogens is 4. The molecular weight excluding hydrogens is 501 g/mol. The molecule has 11 heteroatoms. The standard InChI is InChI=1S/C16H9BrCl3N3O3S/c17-9-5-7(1-3-11(9)24)13-22-10-6-8(2-4-12(10)26-13)21-15(27)23-14(25)16(18,19)20/h1-6,24H,(H2,21,23,25,27). The van der Waals surface area contributed by atoms with E-state index in [1.54, 1.807) is 30.3 Å². The molecule has 0 aliphatic carbocycles. The van der Waals surface area contributed by atoms with Gasteiger partial charge in [0.25, 0.3) is 9.70 Å². The van der Waals surface area contributed by atoms with Crippen molar-refractivity contribution in [1.29, 1.82) is 0 Å². The van der Waals surface area contributed by atoms with Crippen LogP contribution in [0.5, 0.6) is 5.75 Å². The number of nitrogens with one attached hydrogen (secondary N) is 2. The van der Waals surface area contributed by atoms with E-state index in [1.165, 1.54) is 6.07 Å². The van der Waals surface area contributed by atoms with Gasteiger partial charge in [0.2, 0.25) is 5.89 Å². The van der Waals surface area contributed by atoms with Crippen LogP contribution in [0.2, 0.25) is 0 Å². The van der Waals surface area contributed by atoms with Crippen LogP contribution >= 0.6 is 63.0 Å². The van der Waals surface area contributed by atoms with Gasteiger partial charge in [-0.2, -0.15) is 0 Å². The fourth-order valence-corrected chi connectivity index (χ4v) is 2.84. The van der Waals surface area contributed by atoms with Crippen LogP contribution in [0.15, 0.2) is 45.3 Å². The first-order valence-corrected chi connectivity index (χ1v) is 9.55. The Kier molecular flexibility index (Phi) is 5.83. The average molecular weight is 510 g/mol. The predicted molar refractivity (Wildman–Crippen MR) is 113 cm³/mol. The predicted octanol–water partition coefficient (Wildman–Crippen LogP) is 5.15. The number of hydrogen-bond acceptors (Lipinski definition) is 5. The molecule has 0 radical (unpaired) electrons. The Morgan fingerprint density at radius 3 is 2.63 bits per heavy atom. The summed E-state index contributed by atoms with van der Waals surface area (Å²) in [6.45, 7) is 0. The molecule has 0 aliphatic rings. The number of oxazole rings is 1. The summed E-state index contributed by atoms with van der Waals surface area (Å²) in [4.78, 5) is 16.0. The van der Waals surface area contributed by atoms with Crippen LogP contribution in [0, 0.1) is 0 Å². The topological polar surface area (TPSA) is 87.4 Å². The van der Waals surface area contributed by atoms with Crippen LogP contribution in [0.1, 0.15) is 0 Å². The van der Waals surface area contributed by atoms with Crippen LogP contribution in [0.4, 0.5) is 5.69 Å². The second-order valence-corrected chi connectivity index (χ2v) is 8.82. The van der Waals surface area contributed by atoms with Gasteiger partial charge in [0, 0.05) is 11.3 Å². The first kappa shape index (κ1) is 20.2. The lowest BCUT2D eigenvalue weighted by Crippen LogP contribution is -2.41. The van der Waals surface area contributed by atoms with E-state index in [1.807, 2.05) is 0 Å². The highest BCUT2D eigenvalue weighted by Crippen LogP contribution is 2.31. The number of aromatic hydroxyl groups is 1. The second-order valence-electron chi connectivity index (χ2n) is 5.27.